The predicted molar refractivity (Wildman–Crippen MR) is 89.3 cm³/mol. The highest BCUT2D eigenvalue weighted by Crippen LogP contribution is 2.22. The van der Waals surface area contributed by atoms with Crippen LogP contribution in [0.4, 0.5) is 5.69 Å². The average molecular weight is 362 g/mol. The molecule has 21 heavy (non-hydrogen) atoms. The summed E-state index contributed by atoms with van der Waals surface area (Å²) in [6.45, 7) is 0.397. The van der Waals surface area contributed by atoms with Gasteiger partial charge in [-0.05, 0) is 30.3 Å². The van der Waals surface area contributed by atoms with Crippen molar-refractivity contribution in [1.29, 1.82) is 0 Å². The molecule has 1 amide bonds. The second-order valence-corrected chi connectivity index (χ2v) is 6.52. The first-order valence-electron chi connectivity index (χ1n) is 6.31. The molecular weight excluding hydrogens is 350 g/mol. The zero-order valence-electron chi connectivity index (χ0n) is 11.0. The fourth-order valence-corrected chi connectivity index (χ4v) is 3.27. The van der Waals surface area contributed by atoms with Crippen molar-refractivity contribution in [3.8, 4) is 0 Å². The number of anilines is 1. The van der Waals surface area contributed by atoms with E-state index in [0.29, 0.717) is 17.8 Å². The van der Waals surface area contributed by atoms with Crippen LogP contribution in [-0.4, -0.2) is 10.9 Å². The number of rotatable bonds is 3. The number of hydrogen-bond donors (Lipinski definition) is 2. The lowest BCUT2D eigenvalue weighted by molar-refractivity contribution is 0.0952. The molecule has 1 heterocycles. The first kappa shape index (κ1) is 14.0. The molecule has 106 valence electrons. The van der Waals surface area contributed by atoms with Crippen molar-refractivity contribution in [2.45, 2.75) is 6.54 Å². The lowest BCUT2D eigenvalue weighted by Gasteiger charge is -2.06. The summed E-state index contributed by atoms with van der Waals surface area (Å²) >= 11 is 4.90. The molecular formula is C15H12BrN3OS. The minimum absolute atomic E-state index is 0.195. The number of para-hydroxylation sites is 1. The largest absolute Gasteiger partial charge is 0.398 e. The molecule has 3 N–H and O–H groups in total. The van der Waals surface area contributed by atoms with E-state index >= 15 is 0 Å². The number of nitrogens with one attached hydrogen (secondary N) is 1. The van der Waals surface area contributed by atoms with Gasteiger partial charge in [0.05, 0.1) is 22.3 Å². The third-order valence-electron chi connectivity index (χ3n) is 3.00. The van der Waals surface area contributed by atoms with Gasteiger partial charge in [-0.2, -0.15) is 0 Å². The van der Waals surface area contributed by atoms with Crippen LogP contribution in [0.25, 0.3) is 10.2 Å². The molecule has 4 nitrogen and oxygen atoms in total. The molecule has 1 aromatic heterocycles. The maximum Gasteiger partial charge on any atom is 0.253 e. The molecule has 3 rings (SSSR count). The Hall–Kier alpha value is -1.92. The van der Waals surface area contributed by atoms with E-state index in [-0.39, 0.29) is 5.91 Å². The van der Waals surface area contributed by atoms with Crippen molar-refractivity contribution < 1.29 is 4.79 Å². The topological polar surface area (TPSA) is 68.0 Å². The normalized spacial score (nSPS) is 10.7. The number of fused-ring (bicyclic) bond motifs is 1. The molecule has 0 bridgehead atoms. The number of nitrogens with two attached hydrogens (primary N) is 1. The summed E-state index contributed by atoms with van der Waals surface area (Å²) in [5.74, 6) is -0.195. The number of amides is 1. The van der Waals surface area contributed by atoms with Gasteiger partial charge < -0.3 is 11.1 Å². The number of hydrogen-bond acceptors (Lipinski definition) is 4. The van der Waals surface area contributed by atoms with Gasteiger partial charge in [-0.3, -0.25) is 4.79 Å². The first-order valence-corrected chi connectivity index (χ1v) is 7.92. The highest BCUT2D eigenvalue weighted by atomic mass is 79.9. The van der Waals surface area contributed by atoms with Crippen LogP contribution in [0.3, 0.4) is 0 Å². The van der Waals surface area contributed by atoms with Crippen molar-refractivity contribution in [3.05, 3.63) is 57.5 Å². The number of aromatic nitrogens is 1. The molecule has 0 aliphatic heterocycles. The van der Waals surface area contributed by atoms with Gasteiger partial charge in [0.1, 0.15) is 5.01 Å². The maximum absolute atomic E-state index is 12.1. The first-order chi connectivity index (χ1) is 10.1. The molecule has 0 atom stereocenters. The van der Waals surface area contributed by atoms with Gasteiger partial charge in [0.2, 0.25) is 0 Å². The van der Waals surface area contributed by atoms with Crippen molar-refractivity contribution >= 4 is 49.1 Å². The number of benzene rings is 2. The zero-order chi connectivity index (χ0) is 14.8. The molecule has 0 aliphatic rings. The van der Waals surface area contributed by atoms with E-state index in [9.17, 15) is 4.79 Å². The van der Waals surface area contributed by atoms with Crippen LogP contribution in [0.15, 0.2) is 46.9 Å². The standard InChI is InChI=1S/C15H12BrN3OS/c16-9-5-6-10(11(17)7-9)15(20)18-8-14-19-12-3-1-2-4-13(12)21-14/h1-7H,8,17H2,(H,18,20). The summed E-state index contributed by atoms with van der Waals surface area (Å²) in [4.78, 5) is 16.6. The number of carbonyl (C=O) groups excluding carboxylic acids is 1. The van der Waals surface area contributed by atoms with E-state index in [0.717, 1.165) is 19.7 Å². The fourth-order valence-electron chi connectivity index (χ4n) is 1.99. The van der Waals surface area contributed by atoms with Crippen LogP contribution in [0, 0.1) is 0 Å². The Morgan fingerprint density at radius 2 is 2.10 bits per heavy atom. The number of thiazole rings is 1. The summed E-state index contributed by atoms with van der Waals surface area (Å²) in [6.07, 6.45) is 0. The van der Waals surface area contributed by atoms with Crippen LogP contribution in [-0.2, 0) is 6.54 Å². The summed E-state index contributed by atoms with van der Waals surface area (Å²) in [6, 6.07) is 13.1. The van der Waals surface area contributed by atoms with Gasteiger partial charge in [0.25, 0.3) is 5.91 Å². The van der Waals surface area contributed by atoms with Crippen molar-refractivity contribution in [2.24, 2.45) is 0 Å². The maximum atomic E-state index is 12.1. The van der Waals surface area contributed by atoms with Crippen LogP contribution in [0.1, 0.15) is 15.4 Å². The van der Waals surface area contributed by atoms with E-state index in [2.05, 4.69) is 26.2 Å². The molecule has 0 spiro atoms. The molecule has 2 aromatic carbocycles. The molecule has 0 fully saturated rings. The second-order valence-electron chi connectivity index (χ2n) is 4.49. The van der Waals surface area contributed by atoms with Crippen LogP contribution in [0.5, 0.6) is 0 Å². The second kappa shape index (κ2) is 5.83. The number of nitrogen functional groups attached to an aromatic ring is 1. The fraction of sp³-hybridized carbons (Fsp3) is 0.0667. The van der Waals surface area contributed by atoms with Gasteiger partial charge in [-0.1, -0.05) is 28.1 Å². The minimum atomic E-state index is -0.195. The van der Waals surface area contributed by atoms with Crippen molar-refractivity contribution in [1.82, 2.24) is 10.3 Å². The third-order valence-corrected chi connectivity index (χ3v) is 4.53. The predicted octanol–water partition coefficient (Wildman–Crippen LogP) is 3.57. The SMILES string of the molecule is Nc1cc(Br)ccc1C(=O)NCc1nc2ccccc2s1. The summed E-state index contributed by atoms with van der Waals surface area (Å²) in [7, 11) is 0. The smallest absolute Gasteiger partial charge is 0.253 e. The Morgan fingerprint density at radius 3 is 2.86 bits per heavy atom. The van der Waals surface area contributed by atoms with Gasteiger partial charge >= 0.3 is 0 Å². The number of nitrogens with zero attached hydrogens (tertiary/aromatic N) is 1. The summed E-state index contributed by atoms with van der Waals surface area (Å²) in [5, 5.41) is 3.73. The van der Waals surface area contributed by atoms with E-state index < -0.39 is 0 Å². The Kier molecular flexibility index (Phi) is 3.90. The van der Waals surface area contributed by atoms with E-state index in [1.807, 2.05) is 24.3 Å². The zero-order valence-corrected chi connectivity index (χ0v) is 13.4. The molecule has 3 aromatic rings. The third kappa shape index (κ3) is 3.06. The lowest BCUT2D eigenvalue weighted by Crippen LogP contribution is -2.23. The number of carbonyl (C=O) groups is 1. The Bertz CT molecular complexity index is 783. The summed E-state index contributed by atoms with van der Waals surface area (Å²) < 4.78 is 1.97. The van der Waals surface area contributed by atoms with Crippen molar-refractivity contribution in [2.75, 3.05) is 5.73 Å². The molecule has 0 saturated carbocycles. The average Bonchev–Trinajstić information content (AvgIpc) is 2.87. The van der Waals surface area contributed by atoms with E-state index in [4.69, 9.17) is 5.73 Å². The van der Waals surface area contributed by atoms with E-state index in [1.54, 1.807) is 29.5 Å². The van der Waals surface area contributed by atoms with Crippen LogP contribution in [0.2, 0.25) is 0 Å². The molecule has 0 unspecified atom stereocenters. The molecule has 0 radical (unpaired) electrons. The monoisotopic (exact) mass is 361 g/mol. The van der Waals surface area contributed by atoms with Gasteiger partial charge in [0.15, 0.2) is 0 Å². The quantitative estimate of drug-likeness (QED) is 0.700. The van der Waals surface area contributed by atoms with Crippen LogP contribution >= 0.6 is 27.3 Å². The summed E-state index contributed by atoms with van der Waals surface area (Å²) in [5.41, 5.74) is 7.72. The Morgan fingerprint density at radius 1 is 1.29 bits per heavy atom. The highest BCUT2D eigenvalue weighted by Gasteiger charge is 2.11. The van der Waals surface area contributed by atoms with E-state index in [1.165, 1.54) is 0 Å². The van der Waals surface area contributed by atoms with Gasteiger partial charge in [-0.15, -0.1) is 11.3 Å². The van der Waals surface area contributed by atoms with Gasteiger partial charge in [-0.25, -0.2) is 4.98 Å². The Labute approximate surface area is 134 Å². The van der Waals surface area contributed by atoms with Gasteiger partial charge in [0, 0.05) is 10.2 Å². The van der Waals surface area contributed by atoms with Crippen molar-refractivity contribution in [3.63, 3.8) is 0 Å². The minimum Gasteiger partial charge on any atom is -0.398 e. The molecule has 6 heteroatoms. The lowest BCUT2D eigenvalue weighted by atomic mass is 10.1. The highest BCUT2D eigenvalue weighted by molar-refractivity contribution is 9.10. The molecule has 0 aliphatic carbocycles. The number of halogens is 1. The Balaban J connectivity index is 1.73. The van der Waals surface area contributed by atoms with Crippen LogP contribution < -0.4 is 11.1 Å². The molecule has 0 saturated heterocycles.